The number of carboxylic acid groups (broad SMARTS) is 1. The van der Waals surface area contributed by atoms with Crippen LogP contribution in [-0.2, 0) is 44.4 Å². The van der Waals surface area contributed by atoms with Gasteiger partial charge in [0.2, 0.25) is 11.6 Å². The SMILES string of the molecule is CCOOP(=O)(OOCC)Oc1c(F)cc2c(CC(C(=O)O)N(C(=O)OC)C(=O)OCC3c4ccccc4-c4ccccc43)cc(=O)oc2c1F. The zero-order chi connectivity index (χ0) is 36.9. The molecule has 4 aromatic rings. The van der Waals surface area contributed by atoms with E-state index in [0.29, 0.717) is 12.1 Å². The number of carboxylic acids is 1. The third kappa shape index (κ3) is 7.77. The van der Waals surface area contributed by atoms with E-state index >= 15 is 8.78 Å². The van der Waals surface area contributed by atoms with Crippen LogP contribution in [0.25, 0.3) is 22.1 Å². The lowest BCUT2D eigenvalue weighted by Crippen LogP contribution is -2.50. The van der Waals surface area contributed by atoms with E-state index in [0.717, 1.165) is 29.4 Å². The van der Waals surface area contributed by atoms with Gasteiger partial charge in [-0.25, -0.2) is 37.9 Å². The Balaban J connectivity index is 1.47. The van der Waals surface area contributed by atoms with E-state index in [1.807, 2.05) is 48.5 Å². The molecule has 1 aromatic heterocycles. The smallest absolute Gasteiger partial charge is 0.480 e. The van der Waals surface area contributed by atoms with Gasteiger partial charge in [-0.3, -0.25) is 0 Å². The van der Waals surface area contributed by atoms with Crippen molar-refractivity contribution >= 4 is 36.9 Å². The van der Waals surface area contributed by atoms with Crippen LogP contribution >= 0.6 is 7.82 Å². The van der Waals surface area contributed by atoms with Gasteiger partial charge >= 0.3 is 31.6 Å². The fourth-order valence-electron chi connectivity index (χ4n) is 5.50. The van der Waals surface area contributed by atoms with Gasteiger partial charge in [0.1, 0.15) is 12.6 Å². The zero-order valence-electron chi connectivity index (χ0n) is 27.2. The van der Waals surface area contributed by atoms with Crippen molar-refractivity contribution in [2.24, 2.45) is 0 Å². The number of amides is 2. The van der Waals surface area contributed by atoms with Crippen LogP contribution in [0.4, 0.5) is 18.4 Å². The van der Waals surface area contributed by atoms with Crippen LogP contribution in [0.3, 0.4) is 0 Å². The maximum Gasteiger partial charge on any atom is 0.585 e. The molecular weight excluding hydrogens is 703 g/mol. The van der Waals surface area contributed by atoms with E-state index in [4.69, 9.17) is 13.7 Å². The number of aliphatic carboxylic acids is 1. The topological polar surface area (TPSA) is 187 Å². The quantitative estimate of drug-likeness (QED) is 0.0640. The van der Waals surface area contributed by atoms with E-state index in [1.165, 1.54) is 13.8 Å². The molecule has 0 bridgehead atoms. The second-order valence-corrected chi connectivity index (χ2v) is 12.0. The number of rotatable bonds is 14. The highest BCUT2D eigenvalue weighted by Crippen LogP contribution is 2.52. The van der Waals surface area contributed by atoms with Crippen molar-refractivity contribution < 1.29 is 70.4 Å². The number of hydrogen-bond donors (Lipinski definition) is 1. The predicted molar refractivity (Wildman–Crippen MR) is 170 cm³/mol. The minimum Gasteiger partial charge on any atom is -0.480 e. The van der Waals surface area contributed by atoms with Crippen molar-refractivity contribution in [1.82, 2.24) is 4.90 Å². The van der Waals surface area contributed by atoms with E-state index < -0.39 is 78.3 Å². The summed E-state index contributed by atoms with van der Waals surface area (Å²) < 4.78 is 72.9. The van der Waals surface area contributed by atoms with Gasteiger partial charge in [0.15, 0.2) is 11.4 Å². The molecule has 0 spiro atoms. The van der Waals surface area contributed by atoms with E-state index in [2.05, 4.69) is 23.9 Å². The Morgan fingerprint density at radius 1 is 0.941 bits per heavy atom. The number of benzene rings is 3. The van der Waals surface area contributed by atoms with Gasteiger partial charge in [-0.1, -0.05) is 48.5 Å². The lowest BCUT2D eigenvalue weighted by Gasteiger charge is -2.26. The van der Waals surface area contributed by atoms with Gasteiger partial charge in [0.05, 0.1) is 20.3 Å². The molecule has 1 unspecified atom stereocenters. The molecule has 0 radical (unpaired) electrons. The highest BCUT2D eigenvalue weighted by molar-refractivity contribution is 7.48. The molecule has 2 amide bonds. The van der Waals surface area contributed by atoms with Gasteiger partial charge < -0.3 is 23.5 Å². The number of nitrogens with zero attached hydrogens (tertiary/aromatic N) is 1. The van der Waals surface area contributed by atoms with Gasteiger partial charge in [0.25, 0.3) is 0 Å². The highest BCUT2D eigenvalue weighted by Gasteiger charge is 2.40. The van der Waals surface area contributed by atoms with E-state index in [-0.39, 0.29) is 30.3 Å². The zero-order valence-corrected chi connectivity index (χ0v) is 28.1. The molecule has 1 aliphatic rings. The second kappa shape index (κ2) is 15.8. The van der Waals surface area contributed by atoms with Crippen molar-refractivity contribution in [2.75, 3.05) is 26.9 Å². The minimum absolute atomic E-state index is 0.173. The number of ether oxygens (including phenoxy) is 2. The van der Waals surface area contributed by atoms with Crippen LogP contribution in [0, 0.1) is 11.6 Å². The molecule has 5 rings (SSSR count). The first-order chi connectivity index (χ1) is 24.4. The summed E-state index contributed by atoms with van der Waals surface area (Å²) >= 11 is 0. The van der Waals surface area contributed by atoms with Crippen molar-refractivity contribution in [2.45, 2.75) is 32.2 Å². The molecule has 0 saturated heterocycles. The van der Waals surface area contributed by atoms with Gasteiger partial charge in [-0.15, -0.1) is 9.35 Å². The first-order valence-electron chi connectivity index (χ1n) is 15.2. The average Bonchev–Trinajstić information content (AvgIpc) is 3.44. The van der Waals surface area contributed by atoms with Crippen LogP contribution in [0.5, 0.6) is 5.75 Å². The summed E-state index contributed by atoms with van der Waals surface area (Å²) in [5, 5.41) is 9.69. The van der Waals surface area contributed by atoms with Gasteiger partial charge in [0, 0.05) is 23.8 Å². The molecule has 0 aliphatic heterocycles. The lowest BCUT2D eigenvalue weighted by molar-refractivity contribution is -0.274. The fourth-order valence-corrected chi connectivity index (χ4v) is 6.45. The normalized spacial score (nSPS) is 13.0. The summed E-state index contributed by atoms with van der Waals surface area (Å²) in [5.74, 6) is -6.86. The summed E-state index contributed by atoms with van der Waals surface area (Å²) in [4.78, 5) is 60.8. The number of fused-ring (bicyclic) bond motifs is 4. The van der Waals surface area contributed by atoms with Crippen molar-refractivity contribution in [3.05, 3.63) is 99.4 Å². The number of phosphoric acid groups is 1. The van der Waals surface area contributed by atoms with Crippen molar-refractivity contribution in [3.63, 3.8) is 0 Å². The molecule has 51 heavy (non-hydrogen) atoms. The Morgan fingerprint density at radius 3 is 2.08 bits per heavy atom. The minimum atomic E-state index is -4.99. The number of hydrogen-bond acceptors (Lipinski definition) is 13. The molecule has 15 nitrogen and oxygen atoms in total. The average molecular weight is 734 g/mol. The molecule has 1 atom stereocenters. The molecule has 0 fully saturated rings. The van der Waals surface area contributed by atoms with E-state index in [1.54, 1.807) is 0 Å². The molecule has 18 heteroatoms. The summed E-state index contributed by atoms with van der Waals surface area (Å²) in [7, 11) is -4.09. The Bertz CT molecular complexity index is 2010. The molecule has 3 aromatic carbocycles. The Kier molecular flexibility index (Phi) is 11.5. The highest BCUT2D eigenvalue weighted by atomic mass is 31.2. The van der Waals surface area contributed by atoms with Crippen LogP contribution in [0.15, 0.2) is 69.9 Å². The number of carbonyl (C=O) groups is 3. The van der Waals surface area contributed by atoms with Crippen LogP contribution in [0.2, 0.25) is 0 Å². The molecule has 1 aliphatic carbocycles. The van der Waals surface area contributed by atoms with Gasteiger partial charge in [-0.05, 0) is 47.7 Å². The summed E-state index contributed by atoms with van der Waals surface area (Å²) in [6.07, 6.45) is -3.72. The fraction of sp³-hybridized carbons (Fsp3) is 0.273. The Hall–Kier alpha value is -5.19. The first-order valence-corrected chi connectivity index (χ1v) is 16.7. The summed E-state index contributed by atoms with van der Waals surface area (Å²) in [5.41, 5.74) is 0.911. The van der Waals surface area contributed by atoms with Crippen molar-refractivity contribution in [3.8, 4) is 16.9 Å². The number of methoxy groups -OCH3 is 1. The first kappa shape index (κ1) is 37.1. The third-order valence-electron chi connectivity index (χ3n) is 7.61. The molecule has 270 valence electrons. The second-order valence-electron chi connectivity index (χ2n) is 10.7. The van der Waals surface area contributed by atoms with Gasteiger partial charge in [-0.2, -0.15) is 9.29 Å². The van der Waals surface area contributed by atoms with Crippen molar-refractivity contribution in [1.29, 1.82) is 0 Å². The number of halogens is 2. The third-order valence-corrected chi connectivity index (χ3v) is 8.59. The lowest BCUT2D eigenvalue weighted by atomic mass is 9.98. The maximum absolute atomic E-state index is 15.7. The maximum atomic E-state index is 15.7. The van der Waals surface area contributed by atoms with E-state index in [9.17, 15) is 28.8 Å². The Labute approximate surface area is 287 Å². The number of carbonyl (C=O) groups excluding carboxylic acids is 2. The molecule has 0 saturated carbocycles. The summed E-state index contributed by atoms with van der Waals surface area (Å²) in [6, 6.07) is 14.0. The van der Waals surface area contributed by atoms with Crippen LogP contribution in [-0.4, -0.2) is 61.1 Å². The number of imide groups is 1. The molecule has 1 heterocycles. The van der Waals surface area contributed by atoms with Crippen LogP contribution in [0.1, 0.15) is 36.5 Å². The standard InChI is InChI=1S/C33H30F2NO14P/c1-4-45-49-51(42,50-46-5-2)48-30-25(34)16-23-18(15-27(37)47-29(23)28(30)35)14-26(31(38)39)36(32(40)43-3)33(41)44-17-24-21-12-8-6-10-19(21)20-11-7-9-13-22(20)24/h6-13,15-16,24,26H,4-5,14,17H2,1-3H3,(H,38,39). The molecular formula is C33H30F2NO14P. The predicted octanol–water partition coefficient (Wildman–Crippen LogP) is 6.51. The van der Waals surface area contributed by atoms with Crippen LogP contribution < -0.4 is 10.1 Å². The Morgan fingerprint density at radius 2 is 1.53 bits per heavy atom. The largest absolute Gasteiger partial charge is 0.585 e. The summed E-state index contributed by atoms with van der Waals surface area (Å²) in [6.45, 7) is 2.18. The molecule has 1 N–H and O–H groups in total. The monoisotopic (exact) mass is 733 g/mol.